The Bertz CT molecular complexity index is 575. The fraction of sp³-hybridized carbons (Fsp3) is 0.400. The molecule has 0 spiro atoms. The zero-order valence-electron chi connectivity index (χ0n) is 12.9. The number of benzene rings is 1. The Morgan fingerprint density at radius 1 is 1.00 bits per heavy atom. The van der Waals surface area contributed by atoms with Crippen LogP contribution in [-0.4, -0.2) is 70.9 Å². The van der Waals surface area contributed by atoms with Crippen molar-refractivity contribution in [1.29, 1.82) is 0 Å². The van der Waals surface area contributed by atoms with Crippen molar-refractivity contribution >= 4 is 35.2 Å². The van der Waals surface area contributed by atoms with Gasteiger partial charge in [0.1, 0.15) is 0 Å². The molecule has 0 aromatic heterocycles. The molecule has 0 amide bonds. The molecule has 3 N–H and O–H groups in total. The predicted octanol–water partition coefficient (Wildman–Crippen LogP) is 1.09. The maximum Gasteiger partial charge on any atom is 0.414 e. The zero-order chi connectivity index (χ0) is 18.1. The maximum absolute atomic E-state index is 10.5. The van der Waals surface area contributed by atoms with E-state index >= 15 is 0 Å². The van der Waals surface area contributed by atoms with Gasteiger partial charge in [0.15, 0.2) is 0 Å². The standard InChI is InChI=1S/C13H17ClN2O2.C2H2O4/c14-11-2-1-3-12(10-11)16-8-6-15(7-9-16)5-4-13(17)18;3-1(4)2(5)6/h1-3,10H,4-9H2,(H,17,18);(H,3,4)(H,5,6). The predicted molar refractivity (Wildman–Crippen MR) is 87.6 cm³/mol. The van der Waals surface area contributed by atoms with Crippen molar-refractivity contribution in [2.45, 2.75) is 6.42 Å². The van der Waals surface area contributed by atoms with Gasteiger partial charge in [0.2, 0.25) is 0 Å². The van der Waals surface area contributed by atoms with E-state index in [9.17, 15) is 4.79 Å². The summed E-state index contributed by atoms with van der Waals surface area (Å²) >= 11 is 5.97. The molecule has 1 fully saturated rings. The second-order valence-electron chi connectivity index (χ2n) is 5.06. The van der Waals surface area contributed by atoms with Crippen LogP contribution in [0.2, 0.25) is 5.02 Å². The third-order valence-corrected chi connectivity index (χ3v) is 3.61. The first-order valence-electron chi connectivity index (χ1n) is 7.20. The Morgan fingerprint density at radius 3 is 2.04 bits per heavy atom. The summed E-state index contributed by atoms with van der Waals surface area (Å²) in [5.41, 5.74) is 1.14. The topological polar surface area (TPSA) is 118 Å². The second-order valence-corrected chi connectivity index (χ2v) is 5.50. The third kappa shape index (κ3) is 7.30. The summed E-state index contributed by atoms with van der Waals surface area (Å²) < 4.78 is 0. The van der Waals surface area contributed by atoms with E-state index in [0.717, 1.165) is 36.9 Å². The molecule has 0 aliphatic carbocycles. The van der Waals surface area contributed by atoms with Crippen LogP contribution in [0.4, 0.5) is 5.69 Å². The number of hydrogen-bond acceptors (Lipinski definition) is 5. The van der Waals surface area contributed by atoms with E-state index in [-0.39, 0.29) is 6.42 Å². The van der Waals surface area contributed by atoms with Crippen molar-refractivity contribution in [3.63, 3.8) is 0 Å². The van der Waals surface area contributed by atoms with Gasteiger partial charge in [-0.3, -0.25) is 9.69 Å². The molecule has 1 saturated heterocycles. The number of carbonyl (C=O) groups is 3. The van der Waals surface area contributed by atoms with Crippen LogP contribution in [0.3, 0.4) is 0 Å². The van der Waals surface area contributed by atoms with Gasteiger partial charge in [-0.15, -0.1) is 0 Å². The number of rotatable bonds is 4. The number of carboxylic acids is 3. The van der Waals surface area contributed by atoms with Crippen LogP contribution in [0.5, 0.6) is 0 Å². The highest BCUT2D eigenvalue weighted by Crippen LogP contribution is 2.20. The summed E-state index contributed by atoms with van der Waals surface area (Å²) in [6.45, 7) is 4.28. The van der Waals surface area contributed by atoms with E-state index in [1.54, 1.807) is 0 Å². The molecule has 0 bridgehead atoms. The first-order chi connectivity index (χ1) is 11.3. The molecule has 0 unspecified atom stereocenters. The van der Waals surface area contributed by atoms with Gasteiger partial charge in [-0.2, -0.15) is 0 Å². The van der Waals surface area contributed by atoms with Crippen LogP contribution in [-0.2, 0) is 14.4 Å². The molecular weight excluding hydrogens is 340 g/mol. The number of anilines is 1. The van der Waals surface area contributed by atoms with Gasteiger partial charge in [-0.1, -0.05) is 17.7 Å². The van der Waals surface area contributed by atoms with Crippen LogP contribution in [0, 0.1) is 0 Å². The van der Waals surface area contributed by atoms with E-state index in [1.165, 1.54) is 0 Å². The van der Waals surface area contributed by atoms with Crippen molar-refractivity contribution in [2.75, 3.05) is 37.6 Å². The lowest BCUT2D eigenvalue weighted by molar-refractivity contribution is -0.159. The molecule has 0 atom stereocenters. The number of nitrogens with zero attached hydrogens (tertiary/aromatic N) is 2. The van der Waals surface area contributed by atoms with E-state index < -0.39 is 17.9 Å². The Labute approximate surface area is 143 Å². The molecule has 1 heterocycles. The Morgan fingerprint density at radius 2 is 1.58 bits per heavy atom. The number of piperazine rings is 1. The lowest BCUT2D eigenvalue weighted by Crippen LogP contribution is -2.46. The molecule has 24 heavy (non-hydrogen) atoms. The summed E-state index contributed by atoms with van der Waals surface area (Å²) in [6, 6.07) is 7.84. The molecule has 1 aromatic rings. The highest BCUT2D eigenvalue weighted by Gasteiger charge is 2.17. The largest absolute Gasteiger partial charge is 0.481 e. The summed E-state index contributed by atoms with van der Waals surface area (Å²) in [7, 11) is 0. The maximum atomic E-state index is 10.5. The molecular formula is C15H19ClN2O6. The Hall–Kier alpha value is -2.32. The van der Waals surface area contributed by atoms with E-state index in [4.69, 9.17) is 36.5 Å². The van der Waals surface area contributed by atoms with Crippen molar-refractivity contribution in [1.82, 2.24) is 4.90 Å². The van der Waals surface area contributed by atoms with Gasteiger partial charge in [-0.25, -0.2) is 9.59 Å². The summed E-state index contributed by atoms with van der Waals surface area (Å²) in [6.07, 6.45) is 0.219. The first kappa shape index (κ1) is 19.7. The quantitative estimate of drug-likeness (QED) is 0.684. The molecule has 1 aromatic carbocycles. The molecule has 9 heteroatoms. The fourth-order valence-corrected chi connectivity index (χ4v) is 2.34. The van der Waals surface area contributed by atoms with Gasteiger partial charge in [0.25, 0.3) is 0 Å². The van der Waals surface area contributed by atoms with Crippen LogP contribution in [0.25, 0.3) is 0 Å². The van der Waals surface area contributed by atoms with Crippen LogP contribution >= 0.6 is 11.6 Å². The van der Waals surface area contributed by atoms with Crippen molar-refractivity contribution < 1.29 is 29.7 Å². The van der Waals surface area contributed by atoms with E-state index in [0.29, 0.717) is 6.54 Å². The normalized spacial score (nSPS) is 14.5. The van der Waals surface area contributed by atoms with Crippen molar-refractivity contribution in [3.05, 3.63) is 29.3 Å². The van der Waals surface area contributed by atoms with Crippen LogP contribution in [0.15, 0.2) is 24.3 Å². The molecule has 1 aliphatic rings. The molecule has 2 rings (SSSR count). The molecule has 0 radical (unpaired) electrons. The van der Waals surface area contributed by atoms with Gasteiger partial charge in [0, 0.05) is 43.4 Å². The monoisotopic (exact) mass is 358 g/mol. The van der Waals surface area contributed by atoms with Gasteiger partial charge in [-0.05, 0) is 18.2 Å². The van der Waals surface area contributed by atoms with Gasteiger partial charge < -0.3 is 20.2 Å². The number of carboxylic acid groups (broad SMARTS) is 3. The highest BCUT2D eigenvalue weighted by molar-refractivity contribution is 6.30. The Kier molecular flexibility index (Phi) is 8.00. The smallest absolute Gasteiger partial charge is 0.414 e. The van der Waals surface area contributed by atoms with Crippen molar-refractivity contribution in [2.24, 2.45) is 0 Å². The molecule has 0 saturated carbocycles. The molecule has 132 valence electrons. The lowest BCUT2D eigenvalue weighted by Gasteiger charge is -2.35. The average Bonchev–Trinajstić information content (AvgIpc) is 2.54. The zero-order valence-corrected chi connectivity index (χ0v) is 13.6. The fourth-order valence-electron chi connectivity index (χ4n) is 2.16. The lowest BCUT2D eigenvalue weighted by atomic mass is 10.2. The van der Waals surface area contributed by atoms with E-state index in [2.05, 4.69) is 15.9 Å². The minimum Gasteiger partial charge on any atom is -0.481 e. The third-order valence-electron chi connectivity index (χ3n) is 3.37. The number of hydrogen-bond donors (Lipinski definition) is 3. The number of aliphatic carboxylic acids is 3. The Balaban J connectivity index is 0.000000413. The van der Waals surface area contributed by atoms with Crippen molar-refractivity contribution in [3.8, 4) is 0 Å². The SMILES string of the molecule is O=C(O)C(=O)O.O=C(O)CCN1CCN(c2cccc(Cl)c2)CC1. The van der Waals surface area contributed by atoms with E-state index in [1.807, 2.05) is 18.2 Å². The highest BCUT2D eigenvalue weighted by atomic mass is 35.5. The summed E-state index contributed by atoms with van der Waals surface area (Å²) in [5, 5.41) is 24.2. The summed E-state index contributed by atoms with van der Waals surface area (Å²) in [5.74, 6) is -4.38. The second kappa shape index (κ2) is 9.74. The number of halogens is 1. The van der Waals surface area contributed by atoms with Crippen LogP contribution < -0.4 is 4.90 Å². The minimum absolute atomic E-state index is 0.219. The summed E-state index contributed by atoms with van der Waals surface area (Å²) in [4.78, 5) is 33.2. The van der Waals surface area contributed by atoms with Crippen LogP contribution in [0.1, 0.15) is 6.42 Å². The first-order valence-corrected chi connectivity index (χ1v) is 7.58. The molecule has 1 aliphatic heterocycles. The van der Waals surface area contributed by atoms with Gasteiger partial charge >= 0.3 is 17.9 Å². The van der Waals surface area contributed by atoms with Gasteiger partial charge in [0.05, 0.1) is 6.42 Å². The average molecular weight is 359 g/mol. The molecule has 8 nitrogen and oxygen atoms in total. The minimum atomic E-state index is -1.82.